The molecule has 1 saturated heterocycles. The zero-order chi connectivity index (χ0) is 24.8. The zero-order valence-corrected chi connectivity index (χ0v) is 19.1. The van der Waals surface area contributed by atoms with Crippen LogP contribution in [0.15, 0.2) is 54.9 Å². The monoisotopic (exact) mass is 490 g/mol. The minimum Gasteiger partial charge on any atom is -0.496 e. The first-order valence-corrected chi connectivity index (χ1v) is 11.5. The molecule has 0 bridgehead atoms. The van der Waals surface area contributed by atoms with E-state index >= 15 is 0 Å². The molecule has 35 heavy (non-hydrogen) atoms. The van der Waals surface area contributed by atoms with Crippen molar-refractivity contribution in [1.82, 2.24) is 9.55 Å². The largest absolute Gasteiger partial charge is 0.496 e. The molecule has 2 fully saturated rings. The normalized spacial score (nSPS) is 26.5. The topological polar surface area (TPSA) is 56.5 Å². The highest BCUT2D eigenvalue weighted by atomic mass is 19.4. The van der Waals surface area contributed by atoms with Crippen molar-refractivity contribution >= 4 is 0 Å². The molecule has 4 atom stereocenters. The van der Waals surface area contributed by atoms with Crippen LogP contribution in [0.2, 0.25) is 0 Å². The summed E-state index contributed by atoms with van der Waals surface area (Å²) in [6.45, 7) is 0.364. The van der Waals surface area contributed by atoms with Gasteiger partial charge in [0.2, 0.25) is 5.82 Å². The van der Waals surface area contributed by atoms with Crippen LogP contribution in [0.3, 0.4) is 0 Å². The highest BCUT2D eigenvalue weighted by Gasteiger charge is 2.54. The molecule has 1 aliphatic heterocycles. The number of aromatic nitrogens is 2. The average Bonchev–Trinajstić information content (AvgIpc) is 3.58. The molecule has 1 aromatic heterocycles. The van der Waals surface area contributed by atoms with Gasteiger partial charge in [-0.15, -0.1) is 0 Å². The van der Waals surface area contributed by atoms with Crippen molar-refractivity contribution in [3.63, 3.8) is 0 Å². The van der Waals surface area contributed by atoms with Crippen LogP contribution in [-0.2, 0) is 10.9 Å². The maximum Gasteiger partial charge on any atom is 0.450 e. The molecule has 0 amide bonds. The van der Waals surface area contributed by atoms with Crippen molar-refractivity contribution in [2.45, 2.75) is 42.9 Å². The molecule has 0 radical (unpaired) electrons. The molecule has 1 aliphatic carbocycles. The number of aliphatic hydroxyl groups excluding tert-OH is 1. The van der Waals surface area contributed by atoms with E-state index in [2.05, 4.69) is 4.98 Å². The third kappa shape index (κ3) is 4.21. The molecule has 4 unspecified atom stereocenters. The van der Waals surface area contributed by atoms with Crippen molar-refractivity contribution in [3.05, 3.63) is 77.6 Å². The second kappa shape index (κ2) is 8.95. The summed E-state index contributed by atoms with van der Waals surface area (Å²) in [6, 6.07) is 11.3. The lowest BCUT2D eigenvalue weighted by molar-refractivity contribution is -0.145. The second-order valence-corrected chi connectivity index (χ2v) is 9.33. The molecular weight excluding hydrogens is 464 g/mol. The van der Waals surface area contributed by atoms with Gasteiger partial charge in [0.1, 0.15) is 11.6 Å². The Hall–Kier alpha value is -2.91. The summed E-state index contributed by atoms with van der Waals surface area (Å²) in [5.74, 6) is -1.01. The Morgan fingerprint density at radius 3 is 2.66 bits per heavy atom. The summed E-state index contributed by atoms with van der Waals surface area (Å²) in [5.41, 5.74) is 1.45. The van der Waals surface area contributed by atoms with Crippen molar-refractivity contribution in [2.24, 2.45) is 5.92 Å². The van der Waals surface area contributed by atoms with Gasteiger partial charge in [-0.25, -0.2) is 9.37 Å². The average molecular weight is 490 g/mol. The molecule has 2 aromatic carbocycles. The number of hydrogen-bond donors (Lipinski definition) is 1. The van der Waals surface area contributed by atoms with Gasteiger partial charge in [0.25, 0.3) is 0 Å². The van der Waals surface area contributed by atoms with Crippen molar-refractivity contribution in [3.8, 4) is 11.4 Å². The first-order valence-electron chi connectivity index (χ1n) is 11.5. The van der Waals surface area contributed by atoms with Crippen LogP contribution < -0.4 is 4.74 Å². The minimum absolute atomic E-state index is 0.00251. The molecule has 1 N–H and O–H groups in total. The SMILES string of the molecule is COc1ccc(-n2ccnc2C(F)(F)F)cc1C1COC2(CCC(CO)C2c2ccc(F)cc2)C1. The molecule has 3 aromatic rings. The fraction of sp³-hybridized carbons (Fsp3) is 0.423. The van der Waals surface area contributed by atoms with Crippen molar-refractivity contribution in [2.75, 3.05) is 20.3 Å². The van der Waals surface area contributed by atoms with E-state index in [0.29, 0.717) is 24.5 Å². The van der Waals surface area contributed by atoms with Crippen molar-refractivity contribution in [1.29, 1.82) is 0 Å². The van der Waals surface area contributed by atoms with E-state index in [-0.39, 0.29) is 30.2 Å². The summed E-state index contributed by atoms with van der Waals surface area (Å²) in [5, 5.41) is 10.0. The molecule has 5 nitrogen and oxygen atoms in total. The van der Waals surface area contributed by atoms with E-state index in [9.17, 15) is 22.7 Å². The molecule has 186 valence electrons. The van der Waals surface area contributed by atoms with Gasteiger partial charge in [0.05, 0.1) is 19.3 Å². The number of hydrogen-bond acceptors (Lipinski definition) is 4. The number of ether oxygens (including phenoxy) is 2. The van der Waals surface area contributed by atoms with E-state index in [1.54, 1.807) is 30.3 Å². The molecule has 1 saturated carbocycles. The van der Waals surface area contributed by atoms with Crippen LogP contribution in [0, 0.1) is 11.7 Å². The smallest absolute Gasteiger partial charge is 0.450 e. The van der Waals surface area contributed by atoms with Gasteiger partial charge in [-0.05, 0) is 61.1 Å². The predicted molar refractivity (Wildman–Crippen MR) is 120 cm³/mol. The number of halogens is 4. The molecular formula is C26H26F4N2O3. The second-order valence-electron chi connectivity index (χ2n) is 9.33. The van der Waals surface area contributed by atoms with Crippen LogP contribution in [0.5, 0.6) is 5.75 Å². The highest BCUT2D eigenvalue weighted by molar-refractivity contribution is 5.48. The lowest BCUT2D eigenvalue weighted by Crippen LogP contribution is -2.34. The van der Waals surface area contributed by atoms with Crippen LogP contribution in [-0.4, -0.2) is 40.6 Å². The maximum atomic E-state index is 13.6. The van der Waals surface area contributed by atoms with Gasteiger partial charge >= 0.3 is 6.18 Å². The molecule has 5 rings (SSSR count). The number of imidazole rings is 1. The summed E-state index contributed by atoms with van der Waals surface area (Å²) in [7, 11) is 1.53. The summed E-state index contributed by atoms with van der Waals surface area (Å²) in [6.07, 6.45) is -0.0579. The molecule has 2 heterocycles. The lowest BCUT2D eigenvalue weighted by Gasteiger charge is -2.33. The van der Waals surface area contributed by atoms with E-state index in [1.165, 1.54) is 25.4 Å². The maximum absolute atomic E-state index is 13.6. The highest BCUT2D eigenvalue weighted by Crippen LogP contribution is 2.57. The van der Waals surface area contributed by atoms with Gasteiger partial charge in [-0.2, -0.15) is 13.2 Å². The number of benzene rings is 2. The lowest BCUT2D eigenvalue weighted by atomic mass is 9.76. The molecule has 1 spiro atoms. The number of alkyl halides is 3. The van der Waals surface area contributed by atoms with Crippen molar-refractivity contribution < 1.29 is 32.1 Å². The van der Waals surface area contributed by atoms with Gasteiger partial charge in [0, 0.05) is 42.1 Å². The van der Waals surface area contributed by atoms with Gasteiger partial charge in [-0.1, -0.05) is 12.1 Å². The van der Waals surface area contributed by atoms with Crippen LogP contribution in [0.1, 0.15) is 48.0 Å². The number of aliphatic hydroxyl groups is 1. The number of rotatable bonds is 5. The number of nitrogens with zero attached hydrogens (tertiary/aromatic N) is 2. The fourth-order valence-corrected chi connectivity index (χ4v) is 5.93. The Labute approximate surface area is 200 Å². The quantitative estimate of drug-likeness (QED) is 0.482. The summed E-state index contributed by atoms with van der Waals surface area (Å²) >= 11 is 0. The van der Waals surface area contributed by atoms with E-state index in [4.69, 9.17) is 9.47 Å². The third-order valence-corrected chi connectivity index (χ3v) is 7.43. The van der Waals surface area contributed by atoms with E-state index < -0.39 is 17.6 Å². The first kappa shape index (κ1) is 23.8. The van der Waals surface area contributed by atoms with Crippen LogP contribution in [0.4, 0.5) is 17.6 Å². The molecule has 9 heteroatoms. The Morgan fingerprint density at radius 1 is 1.20 bits per heavy atom. The van der Waals surface area contributed by atoms with Gasteiger partial charge in [0.15, 0.2) is 0 Å². The van der Waals surface area contributed by atoms with Gasteiger partial charge in [-0.3, -0.25) is 4.57 Å². The predicted octanol–water partition coefficient (Wildman–Crippen LogP) is 5.47. The minimum atomic E-state index is -4.59. The zero-order valence-electron chi connectivity index (χ0n) is 19.1. The Bertz CT molecular complexity index is 1190. The summed E-state index contributed by atoms with van der Waals surface area (Å²) < 4.78 is 66.9. The van der Waals surface area contributed by atoms with E-state index in [0.717, 1.165) is 34.7 Å². The number of methoxy groups -OCH3 is 1. The molecule has 2 aliphatic rings. The van der Waals surface area contributed by atoms with Crippen LogP contribution >= 0.6 is 0 Å². The first-order chi connectivity index (χ1) is 16.8. The fourth-order valence-electron chi connectivity index (χ4n) is 5.93. The third-order valence-electron chi connectivity index (χ3n) is 7.43. The summed E-state index contributed by atoms with van der Waals surface area (Å²) in [4.78, 5) is 3.49. The van der Waals surface area contributed by atoms with Crippen LogP contribution in [0.25, 0.3) is 5.69 Å². The standard InChI is InChI=1S/C26H26F4N2O3/c1-34-22-7-6-20(32-11-10-31-24(32)26(28,29)30)12-21(22)18-13-25(35-15-18)9-8-17(14-33)23(25)16-2-4-19(27)5-3-16/h2-7,10-12,17-18,23,33H,8-9,13-15H2,1H3. The van der Waals surface area contributed by atoms with Gasteiger partial charge < -0.3 is 14.6 Å². The van der Waals surface area contributed by atoms with E-state index in [1.807, 2.05) is 0 Å². The Balaban J connectivity index is 1.50. The Kier molecular flexibility index (Phi) is 6.09. The Morgan fingerprint density at radius 2 is 1.97 bits per heavy atom.